The van der Waals surface area contributed by atoms with Gasteiger partial charge in [-0.15, -0.1) is 0 Å². The van der Waals surface area contributed by atoms with E-state index in [0.29, 0.717) is 5.02 Å². The standard InChI is InChI=1S/C10H11ClO2/c1-13-10-5-4-9(11)7-8(10)3-2-6-12/h2-5,7,12H,6H2,1H3. The van der Waals surface area contributed by atoms with Gasteiger partial charge in [0.15, 0.2) is 0 Å². The van der Waals surface area contributed by atoms with E-state index in [1.165, 1.54) is 0 Å². The molecule has 0 aromatic heterocycles. The minimum Gasteiger partial charge on any atom is -0.496 e. The highest BCUT2D eigenvalue weighted by Crippen LogP contribution is 2.23. The lowest BCUT2D eigenvalue weighted by molar-refractivity contribution is 0.343. The molecule has 2 nitrogen and oxygen atoms in total. The van der Waals surface area contributed by atoms with Gasteiger partial charge in [0.2, 0.25) is 0 Å². The normalized spacial score (nSPS) is 10.7. The van der Waals surface area contributed by atoms with E-state index in [-0.39, 0.29) is 6.61 Å². The first kappa shape index (κ1) is 10.1. The summed E-state index contributed by atoms with van der Waals surface area (Å²) >= 11 is 5.80. The molecule has 0 aliphatic heterocycles. The Morgan fingerprint density at radius 3 is 2.92 bits per heavy atom. The van der Waals surface area contributed by atoms with Crippen LogP contribution in [0, 0.1) is 0 Å². The summed E-state index contributed by atoms with van der Waals surface area (Å²) in [5, 5.41) is 9.25. The lowest BCUT2D eigenvalue weighted by Gasteiger charge is -2.04. The molecule has 1 aromatic rings. The lowest BCUT2D eigenvalue weighted by atomic mass is 10.2. The second kappa shape index (κ2) is 4.90. The molecule has 13 heavy (non-hydrogen) atoms. The third-order valence-electron chi connectivity index (χ3n) is 1.59. The van der Waals surface area contributed by atoms with Crippen molar-refractivity contribution in [1.82, 2.24) is 0 Å². The SMILES string of the molecule is COc1ccc(Cl)cc1C=CCO. The number of hydrogen-bond acceptors (Lipinski definition) is 2. The van der Waals surface area contributed by atoms with Gasteiger partial charge in [0, 0.05) is 10.6 Å². The molecule has 0 aliphatic rings. The highest BCUT2D eigenvalue weighted by Gasteiger charge is 1.99. The topological polar surface area (TPSA) is 29.5 Å². The minimum absolute atomic E-state index is 0.00959. The Bertz CT molecular complexity index is 308. The van der Waals surface area contributed by atoms with Gasteiger partial charge < -0.3 is 9.84 Å². The molecule has 0 heterocycles. The number of halogens is 1. The molecule has 70 valence electrons. The van der Waals surface area contributed by atoms with Gasteiger partial charge in [-0.1, -0.05) is 23.8 Å². The maximum Gasteiger partial charge on any atom is 0.126 e. The van der Waals surface area contributed by atoms with Crippen molar-refractivity contribution in [1.29, 1.82) is 0 Å². The Labute approximate surface area is 82.4 Å². The van der Waals surface area contributed by atoms with E-state index in [4.69, 9.17) is 21.4 Å². The molecule has 0 unspecified atom stereocenters. The number of aliphatic hydroxyl groups excluding tert-OH is 1. The van der Waals surface area contributed by atoms with Gasteiger partial charge in [-0.05, 0) is 18.2 Å². The van der Waals surface area contributed by atoms with Gasteiger partial charge in [-0.2, -0.15) is 0 Å². The second-order valence-electron chi connectivity index (χ2n) is 2.47. The number of aliphatic hydroxyl groups is 1. The third-order valence-corrected chi connectivity index (χ3v) is 1.83. The molecule has 0 saturated heterocycles. The van der Waals surface area contributed by atoms with E-state index in [9.17, 15) is 0 Å². The fraction of sp³-hybridized carbons (Fsp3) is 0.200. The summed E-state index contributed by atoms with van der Waals surface area (Å²) in [5.41, 5.74) is 0.865. The van der Waals surface area contributed by atoms with Crippen LogP contribution in [0.2, 0.25) is 5.02 Å². The molecule has 0 saturated carbocycles. The number of hydrogen-bond donors (Lipinski definition) is 1. The lowest BCUT2D eigenvalue weighted by Crippen LogP contribution is -1.86. The smallest absolute Gasteiger partial charge is 0.126 e. The Balaban J connectivity index is 3.01. The monoisotopic (exact) mass is 198 g/mol. The van der Waals surface area contributed by atoms with Crippen LogP contribution in [0.15, 0.2) is 24.3 Å². The summed E-state index contributed by atoms with van der Waals surface area (Å²) in [5.74, 6) is 0.745. The summed E-state index contributed by atoms with van der Waals surface area (Å²) in [7, 11) is 1.60. The maximum absolute atomic E-state index is 8.60. The van der Waals surface area contributed by atoms with Gasteiger partial charge in [0.1, 0.15) is 5.75 Å². The Morgan fingerprint density at radius 2 is 2.31 bits per heavy atom. The molecule has 0 radical (unpaired) electrons. The van der Waals surface area contributed by atoms with Crippen LogP contribution in [-0.4, -0.2) is 18.8 Å². The summed E-state index contributed by atoms with van der Waals surface area (Å²) < 4.78 is 5.11. The summed E-state index contributed by atoms with van der Waals surface area (Å²) in [6, 6.07) is 5.34. The van der Waals surface area contributed by atoms with Crippen LogP contribution < -0.4 is 4.74 Å². The van der Waals surface area contributed by atoms with E-state index >= 15 is 0 Å². The minimum atomic E-state index is 0.00959. The van der Waals surface area contributed by atoms with Crippen LogP contribution in [0.4, 0.5) is 0 Å². The van der Waals surface area contributed by atoms with Crippen molar-refractivity contribution in [2.75, 3.05) is 13.7 Å². The van der Waals surface area contributed by atoms with Crippen molar-refractivity contribution in [2.24, 2.45) is 0 Å². The molecule has 0 fully saturated rings. The van der Waals surface area contributed by atoms with Crippen molar-refractivity contribution < 1.29 is 9.84 Å². The summed E-state index contributed by atoms with van der Waals surface area (Å²) in [6.45, 7) is 0.00959. The van der Waals surface area contributed by atoms with Gasteiger partial charge in [-0.25, -0.2) is 0 Å². The van der Waals surface area contributed by atoms with Crippen molar-refractivity contribution in [3.05, 3.63) is 34.9 Å². The van der Waals surface area contributed by atoms with Gasteiger partial charge >= 0.3 is 0 Å². The molecule has 1 aromatic carbocycles. The second-order valence-corrected chi connectivity index (χ2v) is 2.91. The molecule has 0 amide bonds. The fourth-order valence-corrected chi connectivity index (χ4v) is 1.20. The highest BCUT2D eigenvalue weighted by atomic mass is 35.5. The maximum atomic E-state index is 8.60. The molecule has 0 aliphatic carbocycles. The predicted octanol–water partition coefficient (Wildman–Crippen LogP) is 2.35. The first-order chi connectivity index (χ1) is 6.27. The van der Waals surface area contributed by atoms with E-state index in [0.717, 1.165) is 11.3 Å². The molecule has 0 atom stereocenters. The average Bonchev–Trinajstić information content (AvgIpc) is 2.15. The molecule has 3 heteroatoms. The Morgan fingerprint density at radius 1 is 1.54 bits per heavy atom. The first-order valence-corrected chi connectivity index (χ1v) is 4.26. The number of rotatable bonds is 3. The largest absolute Gasteiger partial charge is 0.496 e. The van der Waals surface area contributed by atoms with Crippen LogP contribution in [-0.2, 0) is 0 Å². The molecule has 1 N–H and O–H groups in total. The Kier molecular flexibility index (Phi) is 3.80. The van der Waals surface area contributed by atoms with Crippen molar-refractivity contribution in [3.8, 4) is 5.75 Å². The van der Waals surface area contributed by atoms with Crippen LogP contribution in [0.5, 0.6) is 5.75 Å². The summed E-state index contributed by atoms with van der Waals surface area (Å²) in [4.78, 5) is 0. The number of benzene rings is 1. The van der Waals surface area contributed by atoms with E-state index in [1.54, 1.807) is 37.5 Å². The van der Waals surface area contributed by atoms with Crippen molar-refractivity contribution in [2.45, 2.75) is 0 Å². The van der Waals surface area contributed by atoms with Crippen molar-refractivity contribution >= 4 is 17.7 Å². The zero-order valence-electron chi connectivity index (χ0n) is 7.33. The first-order valence-electron chi connectivity index (χ1n) is 3.89. The van der Waals surface area contributed by atoms with Crippen LogP contribution in [0.25, 0.3) is 6.08 Å². The summed E-state index contributed by atoms with van der Waals surface area (Å²) in [6.07, 6.45) is 3.40. The molecular formula is C10H11ClO2. The average molecular weight is 199 g/mol. The number of methoxy groups -OCH3 is 1. The van der Waals surface area contributed by atoms with Gasteiger partial charge in [0.05, 0.1) is 13.7 Å². The van der Waals surface area contributed by atoms with Crippen molar-refractivity contribution in [3.63, 3.8) is 0 Å². The van der Waals surface area contributed by atoms with E-state index in [2.05, 4.69) is 0 Å². The Hall–Kier alpha value is -0.990. The van der Waals surface area contributed by atoms with Gasteiger partial charge in [-0.3, -0.25) is 0 Å². The van der Waals surface area contributed by atoms with Crippen LogP contribution >= 0.6 is 11.6 Å². The molecular weight excluding hydrogens is 188 g/mol. The predicted molar refractivity (Wildman–Crippen MR) is 54.1 cm³/mol. The quantitative estimate of drug-likeness (QED) is 0.808. The zero-order chi connectivity index (χ0) is 9.68. The molecule has 0 spiro atoms. The van der Waals surface area contributed by atoms with Crippen LogP contribution in [0.1, 0.15) is 5.56 Å². The molecule has 0 bridgehead atoms. The van der Waals surface area contributed by atoms with E-state index in [1.807, 2.05) is 0 Å². The molecule has 1 rings (SSSR count). The fourth-order valence-electron chi connectivity index (χ4n) is 1.02. The number of ether oxygens (including phenoxy) is 1. The highest BCUT2D eigenvalue weighted by molar-refractivity contribution is 6.30. The third kappa shape index (κ3) is 2.76. The van der Waals surface area contributed by atoms with Gasteiger partial charge in [0.25, 0.3) is 0 Å². The van der Waals surface area contributed by atoms with Crippen LogP contribution in [0.3, 0.4) is 0 Å². The van der Waals surface area contributed by atoms with E-state index < -0.39 is 0 Å². The zero-order valence-corrected chi connectivity index (χ0v) is 8.08.